The van der Waals surface area contributed by atoms with Crippen molar-refractivity contribution in [2.45, 2.75) is 25.6 Å². The van der Waals surface area contributed by atoms with Crippen molar-refractivity contribution in [2.24, 2.45) is 5.73 Å². The minimum atomic E-state index is -4.54. The van der Waals surface area contributed by atoms with Crippen LogP contribution in [0.2, 0.25) is 5.02 Å². The second-order valence-corrected chi connectivity index (χ2v) is 5.37. The van der Waals surface area contributed by atoms with E-state index in [1.807, 2.05) is 0 Å². The number of benzene rings is 1. The van der Waals surface area contributed by atoms with Gasteiger partial charge in [0.15, 0.2) is 0 Å². The first kappa shape index (κ1) is 14.8. The topological polar surface area (TPSA) is 56.7 Å². The molecule has 2 aromatic rings. The largest absolute Gasteiger partial charge is 0.418 e. The molecule has 8 heteroatoms. The molecule has 0 aliphatic heterocycles. The Morgan fingerprint density at radius 1 is 1.25 bits per heavy atom. The predicted octanol–water partition coefficient (Wildman–Crippen LogP) is 3.13. The van der Waals surface area contributed by atoms with E-state index < -0.39 is 17.3 Å². The van der Waals surface area contributed by atoms with E-state index in [0.29, 0.717) is 5.69 Å². The summed E-state index contributed by atoms with van der Waals surface area (Å²) in [5, 5.41) is 7.50. The Bertz CT molecular complexity index is 628. The number of nitrogens with two attached hydrogens (primary N) is 1. The number of hydrogen-bond donors (Lipinski definition) is 1. The van der Waals surface area contributed by atoms with Gasteiger partial charge in [-0.1, -0.05) is 16.8 Å². The minimum absolute atomic E-state index is 0.000526. The van der Waals surface area contributed by atoms with Crippen LogP contribution in [0.25, 0.3) is 5.69 Å². The summed E-state index contributed by atoms with van der Waals surface area (Å²) in [7, 11) is 0. The van der Waals surface area contributed by atoms with Gasteiger partial charge in [0.1, 0.15) is 5.69 Å². The van der Waals surface area contributed by atoms with E-state index in [2.05, 4.69) is 10.3 Å². The van der Waals surface area contributed by atoms with E-state index in [0.717, 1.165) is 10.7 Å². The summed E-state index contributed by atoms with van der Waals surface area (Å²) < 4.78 is 40.1. The first-order valence-corrected chi connectivity index (χ1v) is 6.05. The van der Waals surface area contributed by atoms with E-state index in [1.165, 1.54) is 18.3 Å². The Morgan fingerprint density at radius 3 is 2.40 bits per heavy atom. The molecule has 1 heterocycles. The second kappa shape index (κ2) is 4.75. The van der Waals surface area contributed by atoms with E-state index >= 15 is 0 Å². The van der Waals surface area contributed by atoms with Gasteiger partial charge in [-0.3, -0.25) is 0 Å². The molecule has 1 aromatic carbocycles. The third-order valence-electron chi connectivity index (χ3n) is 2.66. The molecule has 2 rings (SSSR count). The fraction of sp³-hybridized carbons (Fsp3) is 0.333. The van der Waals surface area contributed by atoms with Crippen LogP contribution < -0.4 is 5.73 Å². The van der Waals surface area contributed by atoms with Crippen LogP contribution in [0.1, 0.15) is 25.1 Å². The molecule has 108 valence electrons. The fourth-order valence-electron chi connectivity index (χ4n) is 1.61. The van der Waals surface area contributed by atoms with Crippen molar-refractivity contribution in [1.29, 1.82) is 0 Å². The van der Waals surface area contributed by atoms with Gasteiger partial charge >= 0.3 is 6.18 Å². The average molecular weight is 305 g/mol. The standard InChI is InChI=1S/C12H12ClF3N4/c1-11(2,17)10-6-20(19-18-10)9-4-3-7(13)5-8(9)12(14,15)16/h3-6H,17H2,1-2H3. The number of nitrogens with zero attached hydrogens (tertiary/aromatic N) is 3. The van der Waals surface area contributed by atoms with Gasteiger partial charge in [-0.15, -0.1) is 5.10 Å². The van der Waals surface area contributed by atoms with Crippen LogP contribution in [-0.4, -0.2) is 15.0 Å². The van der Waals surface area contributed by atoms with Crippen molar-refractivity contribution in [3.63, 3.8) is 0 Å². The van der Waals surface area contributed by atoms with Crippen molar-refractivity contribution in [1.82, 2.24) is 15.0 Å². The van der Waals surface area contributed by atoms with Crippen LogP contribution in [0.3, 0.4) is 0 Å². The highest BCUT2D eigenvalue weighted by Crippen LogP contribution is 2.35. The highest BCUT2D eigenvalue weighted by molar-refractivity contribution is 6.30. The van der Waals surface area contributed by atoms with Gasteiger partial charge in [0.2, 0.25) is 0 Å². The zero-order valence-electron chi connectivity index (χ0n) is 10.7. The highest BCUT2D eigenvalue weighted by atomic mass is 35.5. The predicted molar refractivity (Wildman–Crippen MR) is 68.6 cm³/mol. The van der Waals surface area contributed by atoms with Crippen molar-refractivity contribution >= 4 is 11.6 Å². The molecule has 0 unspecified atom stereocenters. The molecular formula is C12H12ClF3N4. The van der Waals surface area contributed by atoms with Crippen LogP contribution in [-0.2, 0) is 11.7 Å². The molecule has 0 radical (unpaired) electrons. The third-order valence-corrected chi connectivity index (χ3v) is 2.90. The lowest BCUT2D eigenvalue weighted by molar-refractivity contribution is -0.137. The van der Waals surface area contributed by atoms with E-state index in [1.54, 1.807) is 13.8 Å². The SMILES string of the molecule is CC(C)(N)c1cn(-c2ccc(Cl)cc2C(F)(F)F)nn1. The monoisotopic (exact) mass is 304 g/mol. The van der Waals surface area contributed by atoms with Gasteiger partial charge in [0.25, 0.3) is 0 Å². The molecule has 0 fully saturated rings. The van der Waals surface area contributed by atoms with Gasteiger partial charge in [-0.25, -0.2) is 4.68 Å². The molecule has 0 bridgehead atoms. The van der Waals surface area contributed by atoms with Crippen molar-refractivity contribution in [3.8, 4) is 5.69 Å². The van der Waals surface area contributed by atoms with Gasteiger partial charge < -0.3 is 5.73 Å². The van der Waals surface area contributed by atoms with Crippen molar-refractivity contribution in [2.75, 3.05) is 0 Å². The summed E-state index contributed by atoms with van der Waals surface area (Å²) in [5.41, 5.74) is 4.41. The minimum Gasteiger partial charge on any atom is -0.320 e. The maximum Gasteiger partial charge on any atom is 0.418 e. The lowest BCUT2D eigenvalue weighted by Crippen LogP contribution is -2.29. The third kappa shape index (κ3) is 2.94. The average Bonchev–Trinajstić information content (AvgIpc) is 2.76. The Kier molecular flexibility index (Phi) is 3.51. The number of hydrogen-bond acceptors (Lipinski definition) is 3. The zero-order valence-corrected chi connectivity index (χ0v) is 11.5. The van der Waals surface area contributed by atoms with Crippen molar-refractivity contribution in [3.05, 3.63) is 40.7 Å². The van der Waals surface area contributed by atoms with E-state index in [9.17, 15) is 13.2 Å². The van der Waals surface area contributed by atoms with E-state index in [-0.39, 0.29) is 10.7 Å². The highest BCUT2D eigenvalue weighted by Gasteiger charge is 2.35. The summed E-state index contributed by atoms with van der Waals surface area (Å²) in [4.78, 5) is 0. The summed E-state index contributed by atoms with van der Waals surface area (Å²) in [6, 6.07) is 3.46. The molecule has 0 aliphatic carbocycles. The van der Waals surface area contributed by atoms with Crippen LogP contribution in [0.5, 0.6) is 0 Å². The number of rotatable bonds is 2. The summed E-state index contributed by atoms with van der Waals surface area (Å²) in [6.07, 6.45) is -3.16. The molecule has 4 nitrogen and oxygen atoms in total. The molecule has 0 saturated heterocycles. The molecule has 0 aliphatic rings. The lowest BCUT2D eigenvalue weighted by Gasteiger charge is -2.14. The normalized spacial score (nSPS) is 12.8. The molecule has 0 atom stereocenters. The number of halogens is 4. The number of alkyl halides is 3. The Hall–Kier alpha value is -1.60. The maximum absolute atomic E-state index is 13.0. The smallest absolute Gasteiger partial charge is 0.320 e. The molecule has 0 saturated carbocycles. The van der Waals surface area contributed by atoms with Crippen LogP contribution >= 0.6 is 11.6 Å². The molecule has 0 spiro atoms. The summed E-state index contributed by atoms with van der Waals surface area (Å²) in [6.45, 7) is 3.38. The van der Waals surface area contributed by atoms with Crippen LogP contribution in [0, 0.1) is 0 Å². The Morgan fingerprint density at radius 2 is 1.90 bits per heavy atom. The van der Waals surface area contributed by atoms with Gasteiger partial charge in [0, 0.05) is 5.02 Å². The molecule has 1 aromatic heterocycles. The van der Waals surface area contributed by atoms with Crippen LogP contribution in [0.4, 0.5) is 13.2 Å². The Labute approximate surface area is 118 Å². The molecule has 0 amide bonds. The Balaban J connectivity index is 2.56. The first-order valence-electron chi connectivity index (χ1n) is 5.68. The molecular weight excluding hydrogens is 293 g/mol. The quantitative estimate of drug-likeness (QED) is 0.927. The fourth-order valence-corrected chi connectivity index (χ4v) is 1.78. The van der Waals surface area contributed by atoms with Crippen molar-refractivity contribution < 1.29 is 13.2 Å². The van der Waals surface area contributed by atoms with Gasteiger partial charge in [-0.2, -0.15) is 13.2 Å². The molecule has 20 heavy (non-hydrogen) atoms. The van der Waals surface area contributed by atoms with Gasteiger partial charge in [-0.05, 0) is 32.0 Å². The second-order valence-electron chi connectivity index (χ2n) is 4.93. The zero-order chi connectivity index (χ0) is 15.1. The van der Waals surface area contributed by atoms with E-state index in [4.69, 9.17) is 17.3 Å². The summed E-state index contributed by atoms with van der Waals surface area (Å²) >= 11 is 5.62. The number of aromatic nitrogens is 3. The van der Waals surface area contributed by atoms with Crippen LogP contribution in [0.15, 0.2) is 24.4 Å². The lowest BCUT2D eigenvalue weighted by atomic mass is 10.0. The molecule has 2 N–H and O–H groups in total. The van der Waals surface area contributed by atoms with Gasteiger partial charge in [0.05, 0.1) is 23.0 Å². The first-order chi connectivity index (χ1) is 9.09. The maximum atomic E-state index is 13.0. The summed E-state index contributed by atoms with van der Waals surface area (Å²) in [5.74, 6) is 0.